The molecule has 0 aromatic heterocycles. The fourth-order valence-corrected chi connectivity index (χ4v) is 1.22. The first-order valence-electron chi connectivity index (χ1n) is 4.80. The second-order valence-corrected chi connectivity index (χ2v) is 3.13. The molecule has 6 nitrogen and oxygen atoms in total. The first kappa shape index (κ1) is 13.5. The van der Waals surface area contributed by atoms with Gasteiger partial charge in [0.1, 0.15) is 17.3 Å². The zero-order chi connectivity index (χ0) is 13.5. The van der Waals surface area contributed by atoms with Crippen molar-refractivity contribution in [2.24, 2.45) is 5.11 Å². The Labute approximate surface area is 102 Å². The first-order chi connectivity index (χ1) is 8.60. The molecule has 0 aliphatic heterocycles. The Hall–Kier alpha value is -2.53. The SMILES string of the molecule is COC(=O)/C(=C/c1cc(F)cc(OC)c1)N=[N+]=[N-]. The summed E-state index contributed by atoms with van der Waals surface area (Å²) in [7, 11) is 2.53. The summed E-state index contributed by atoms with van der Waals surface area (Å²) in [5.41, 5.74) is 8.37. The number of azide groups is 1. The van der Waals surface area contributed by atoms with E-state index in [0.29, 0.717) is 5.56 Å². The van der Waals surface area contributed by atoms with Gasteiger partial charge in [0.25, 0.3) is 0 Å². The summed E-state index contributed by atoms with van der Waals surface area (Å²) in [6, 6.07) is 3.83. The number of carbonyl (C=O) groups is 1. The summed E-state index contributed by atoms with van der Waals surface area (Å²) in [4.78, 5) is 13.8. The van der Waals surface area contributed by atoms with Gasteiger partial charge in [0.15, 0.2) is 0 Å². The van der Waals surface area contributed by atoms with Gasteiger partial charge in [-0.1, -0.05) is 5.11 Å². The van der Waals surface area contributed by atoms with Crippen LogP contribution in [-0.2, 0) is 9.53 Å². The lowest BCUT2D eigenvalue weighted by Crippen LogP contribution is -2.02. The van der Waals surface area contributed by atoms with Crippen molar-refractivity contribution in [3.8, 4) is 5.75 Å². The largest absolute Gasteiger partial charge is 0.497 e. The average molecular weight is 251 g/mol. The van der Waals surface area contributed by atoms with Gasteiger partial charge in [0, 0.05) is 11.0 Å². The highest BCUT2D eigenvalue weighted by Gasteiger charge is 2.08. The molecule has 18 heavy (non-hydrogen) atoms. The molecule has 94 valence electrons. The second kappa shape index (κ2) is 6.27. The molecule has 0 atom stereocenters. The van der Waals surface area contributed by atoms with Gasteiger partial charge < -0.3 is 9.47 Å². The number of ether oxygens (including phenoxy) is 2. The Bertz CT molecular complexity index is 536. The van der Waals surface area contributed by atoms with Crippen LogP contribution < -0.4 is 4.74 Å². The minimum absolute atomic E-state index is 0.271. The van der Waals surface area contributed by atoms with Crippen molar-refractivity contribution in [2.75, 3.05) is 14.2 Å². The van der Waals surface area contributed by atoms with Crippen LogP contribution in [0.4, 0.5) is 4.39 Å². The smallest absolute Gasteiger partial charge is 0.340 e. The highest BCUT2D eigenvalue weighted by atomic mass is 19.1. The summed E-state index contributed by atoms with van der Waals surface area (Å²) in [5, 5.41) is 3.18. The zero-order valence-corrected chi connectivity index (χ0v) is 9.75. The Morgan fingerprint density at radius 1 is 1.44 bits per heavy atom. The maximum absolute atomic E-state index is 13.2. The molecule has 0 radical (unpaired) electrons. The normalized spacial score (nSPS) is 10.5. The van der Waals surface area contributed by atoms with Crippen LogP contribution in [0.15, 0.2) is 29.0 Å². The van der Waals surface area contributed by atoms with Gasteiger partial charge in [-0.25, -0.2) is 9.18 Å². The van der Waals surface area contributed by atoms with E-state index in [-0.39, 0.29) is 11.4 Å². The van der Waals surface area contributed by atoms with E-state index in [1.807, 2.05) is 0 Å². The fourth-order valence-electron chi connectivity index (χ4n) is 1.22. The number of methoxy groups -OCH3 is 2. The molecule has 0 aliphatic carbocycles. The second-order valence-electron chi connectivity index (χ2n) is 3.13. The van der Waals surface area contributed by atoms with Gasteiger partial charge in [-0.15, -0.1) is 0 Å². The molecule has 1 rings (SSSR count). The predicted molar refractivity (Wildman–Crippen MR) is 62.1 cm³/mol. The molecule has 1 aromatic carbocycles. The maximum atomic E-state index is 13.2. The van der Waals surface area contributed by atoms with E-state index < -0.39 is 11.8 Å². The fraction of sp³-hybridized carbons (Fsp3) is 0.182. The van der Waals surface area contributed by atoms with Gasteiger partial charge in [-0.3, -0.25) is 0 Å². The van der Waals surface area contributed by atoms with Gasteiger partial charge in [0.05, 0.1) is 14.2 Å². The van der Waals surface area contributed by atoms with Crippen molar-refractivity contribution in [1.82, 2.24) is 0 Å². The molecule has 1 aromatic rings. The topological polar surface area (TPSA) is 84.3 Å². The number of carbonyl (C=O) groups excluding carboxylic acids is 1. The molecule has 7 heteroatoms. The predicted octanol–water partition coefficient (Wildman–Crippen LogP) is 2.66. The molecule has 0 fully saturated rings. The highest BCUT2D eigenvalue weighted by molar-refractivity contribution is 5.93. The Balaban J connectivity index is 3.23. The van der Waals surface area contributed by atoms with E-state index in [4.69, 9.17) is 10.3 Å². The number of hydrogen-bond acceptors (Lipinski definition) is 4. The Kier molecular flexibility index (Phi) is 4.71. The van der Waals surface area contributed by atoms with Crippen LogP contribution in [0.3, 0.4) is 0 Å². The lowest BCUT2D eigenvalue weighted by Gasteiger charge is -2.03. The summed E-state index contributed by atoms with van der Waals surface area (Å²) >= 11 is 0. The van der Waals surface area contributed by atoms with Crippen molar-refractivity contribution < 1.29 is 18.7 Å². The zero-order valence-electron chi connectivity index (χ0n) is 9.75. The minimum Gasteiger partial charge on any atom is -0.497 e. The quantitative estimate of drug-likeness (QED) is 0.271. The number of halogens is 1. The lowest BCUT2D eigenvalue weighted by atomic mass is 10.1. The Morgan fingerprint density at radius 3 is 2.72 bits per heavy atom. The van der Waals surface area contributed by atoms with Crippen molar-refractivity contribution in [3.63, 3.8) is 0 Å². The summed E-state index contributed by atoms with van der Waals surface area (Å²) in [5.74, 6) is -1.06. The molecule has 0 N–H and O–H groups in total. The number of hydrogen-bond donors (Lipinski definition) is 0. The van der Waals surface area contributed by atoms with Crippen LogP contribution in [0.5, 0.6) is 5.75 Å². The molecular formula is C11H10FN3O3. The third-order valence-electron chi connectivity index (χ3n) is 1.98. The third kappa shape index (κ3) is 3.50. The van der Waals surface area contributed by atoms with Crippen molar-refractivity contribution in [3.05, 3.63) is 45.7 Å². The highest BCUT2D eigenvalue weighted by Crippen LogP contribution is 2.19. The molecule has 0 saturated heterocycles. The van der Waals surface area contributed by atoms with Crippen LogP contribution in [0.25, 0.3) is 16.5 Å². The molecular weight excluding hydrogens is 241 g/mol. The van der Waals surface area contributed by atoms with Crippen LogP contribution in [0.1, 0.15) is 5.56 Å². The van der Waals surface area contributed by atoms with Crippen LogP contribution in [0, 0.1) is 5.82 Å². The number of esters is 1. The summed E-state index contributed by atoms with van der Waals surface area (Å²) < 4.78 is 22.5. The minimum atomic E-state index is -0.809. The molecule has 0 bridgehead atoms. The van der Waals surface area contributed by atoms with Gasteiger partial charge >= 0.3 is 5.97 Å². The molecule has 0 heterocycles. The molecule has 0 amide bonds. The van der Waals surface area contributed by atoms with Gasteiger partial charge in [-0.2, -0.15) is 0 Å². The number of nitrogens with zero attached hydrogens (tertiary/aromatic N) is 3. The van der Waals surface area contributed by atoms with E-state index >= 15 is 0 Å². The van der Waals surface area contributed by atoms with E-state index in [1.54, 1.807) is 0 Å². The molecule has 0 saturated carbocycles. The number of rotatable bonds is 4. The average Bonchev–Trinajstić information content (AvgIpc) is 2.36. The molecule has 0 unspecified atom stereocenters. The van der Waals surface area contributed by atoms with Crippen molar-refractivity contribution >= 4 is 12.0 Å². The van der Waals surface area contributed by atoms with E-state index in [9.17, 15) is 9.18 Å². The van der Waals surface area contributed by atoms with Gasteiger partial charge in [0.2, 0.25) is 0 Å². The number of benzene rings is 1. The monoisotopic (exact) mass is 251 g/mol. The molecule has 0 spiro atoms. The first-order valence-corrected chi connectivity index (χ1v) is 4.80. The lowest BCUT2D eigenvalue weighted by molar-refractivity contribution is -0.136. The maximum Gasteiger partial charge on any atom is 0.340 e. The van der Waals surface area contributed by atoms with Crippen molar-refractivity contribution in [2.45, 2.75) is 0 Å². The van der Waals surface area contributed by atoms with E-state index in [0.717, 1.165) is 7.11 Å². The van der Waals surface area contributed by atoms with Crippen LogP contribution >= 0.6 is 0 Å². The van der Waals surface area contributed by atoms with Crippen LogP contribution in [-0.4, -0.2) is 20.2 Å². The van der Waals surface area contributed by atoms with Crippen LogP contribution in [0.2, 0.25) is 0 Å². The van der Waals surface area contributed by atoms with Gasteiger partial charge in [-0.05, 0) is 29.3 Å². The third-order valence-corrected chi connectivity index (χ3v) is 1.98. The van der Waals surface area contributed by atoms with E-state index in [1.165, 1.54) is 31.4 Å². The summed E-state index contributed by atoms with van der Waals surface area (Å²) in [6.07, 6.45) is 1.21. The van der Waals surface area contributed by atoms with E-state index in [2.05, 4.69) is 14.8 Å². The van der Waals surface area contributed by atoms with Crippen molar-refractivity contribution in [1.29, 1.82) is 0 Å². The Morgan fingerprint density at radius 2 is 2.17 bits per heavy atom. The molecule has 0 aliphatic rings. The summed E-state index contributed by atoms with van der Waals surface area (Å²) in [6.45, 7) is 0. The standard InChI is InChI=1S/C11H10FN3O3/c1-17-9-4-7(3-8(12)6-9)5-10(14-15-13)11(16)18-2/h3-6H,1-2H3/b10-5-.